The third-order valence-electron chi connectivity index (χ3n) is 3.10. The molecule has 21 heavy (non-hydrogen) atoms. The van der Waals surface area contributed by atoms with Gasteiger partial charge in [-0.15, -0.1) is 0 Å². The zero-order valence-corrected chi connectivity index (χ0v) is 12.1. The number of carboxylic acid groups (broad SMARTS) is 1. The van der Waals surface area contributed by atoms with Gasteiger partial charge in [0.1, 0.15) is 6.04 Å². The molecule has 1 aromatic rings. The number of nitrogens with one attached hydrogen (secondary N) is 1. The van der Waals surface area contributed by atoms with Crippen LogP contribution in [0.3, 0.4) is 0 Å². The van der Waals surface area contributed by atoms with Gasteiger partial charge in [0, 0.05) is 20.1 Å². The lowest BCUT2D eigenvalue weighted by molar-refractivity contribution is -0.142. The van der Waals surface area contributed by atoms with Gasteiger partial charge in [0.15, 0.2) is 0 Å². The second kappa shape index (κ2) is 9.10. The summed E-state index contributed by atoms with van der Waals surface area (Å²) in [7, 11) is 1.58. The van der Waals surface area contributed by atoms with Gasteiger partial charge in [-0.3, -0.25) is 4.79 Å². The molecule has 0 aliphatic carbocycles. The molecule has 0 heterocycles. The van der Waals surface area contributed by atoms with Crippen molar-refractivity contribution >= 4 is 11.9 Å². The van der Waals surface area contributed by atoms with Crippen molar-refractivity contribution in [3.8, 4) is 0 Å². The number of benzene rings is 1. The lowest BCUT2D eigenvalue weighted by atomic mass is 10.1. The summed E-state index contributed by atoms with van der Waals surface area (Å²) >= 11 is 0. The van der Waals surface area contributed by atoms with E-state index in [1.165, 1.54) is 0 Å². The predicted octanol–water partition coefficient (Wildman–Crippen LogP) is 0.552. The fourth-order valence-corrected chi connectivity index (χ4v) is 1.91. The summed E-state index contributed by atoms with van der Waals surface area (Å²) in [6, 6.07) is 7.44. The Morgan fingerprint density at radius 1 is 1.33 bits per heavy atom. The molecule has 0 spiro atoms. The zero-order chi connectivity index (χ0) is 15.7. The van der Waals surface area contributed by atoms with Crippen molar-refractivity contribution in [3.63, 3.8) is 0 Å². The van der Waals surface area contributed by atoms with E-state index in [-0.39, 0.29) is 6.42 Å². The Kier molecular flexibility index (Phi) is 7.42. The van der Waals surface area contributed by atoms with Crippen LogP contribution < -0.4 is 11.1 Å². The molecule has 116 valence electrons. The lowest BCUT2D eigenvalue weighted by Gasteiger charge is -2.18. The minimum atomic E-state index is -1.07. The highest BCUT2D eigenvalue weighted by molar-refractivity contribution is 5.86. The normalized spacial score (nSPS) is 13.4. The number of rotatable bonds is 9. The first kappa shape index (κ1) is 17.1. The summed E-state index contributed by atoms with van der Waals surface area (Å²) in [6.07, 6.45) is 1.34. The fourth-order valence-electron chi connectivity index (χ4n) is 1.91. The van der Waals surface area contributed by atoms with Crippen molar-refractivity contribution < 1.29 is 19.4 Å². The summed E-state index contributed by atoms with van der Waals surface area (Å²) in [4.78, 5) is 23.1. The quantitative estimate of drug-likeness (QED) is 0.577. The zero-order valence-electron chi connectivity index (χ0n) is 12.1. The Bertz CT molecular complexity index is 450. The van der Waals surface area contributed by atoms with Gasteiger partial charge in [-0.2, -0.15) is 0 Å². The summed E-state index contributed by atoms with van der Waals surface area (Å²) in [5, 5.41) is 11.7. The molecule has 0 aliphatic rings. The van der Waals surface area contributed by atoms with Crippen LogP contribution in [0.5, 0.6) is 0 Å². The Labute approximate surface area is 124 Å². The molecule has 2 unspecified atom stereocenters. The van der Waals surface area contributed by atoms with E-state index in [9.17, 15) is 14.7 Å². The number of nitrogens with two attached hydrogens (primary N) is 1. The third kappa shape index (κ3) is 6.37. The first-order valence-electron chi connectivity index (χ1n) is 6.86. The van der Waals surface area contributed by atoms with Crippen LogP contribution in [0.2, 0.25) is 0 Å². The molecule has 0 aliphatic heterocycles. The molecule has 6 heteroatoms. The van der Waals surface area contributed by atoms with Crippen LogP contribution >= 0.6 is 0 Å². The van der Waals surface area contributed by atoms with Crippen LogP contribution in [0.4, 0.5) is 0 Å². The number of aliphatic carboxylic acids is 1. The van der Waals surface area contributed by atoms with Gasteiger partial charge in [-0.1, -0.05) is 30.3 Å². The summed E-state index contributed by atoms with van der Waals surface area (Å²) in [5.74, 6) is -1.52. The van der Waals surface area contributed by atoms with E-state index in [1.807, 2.05) is 30.3 Å². The number of carboxylic acids is 1. The number of methoxy groups -OCH3 is 1. The van der Waals surface area contributed by atoms with Crippen molar-refractivity contribution in [1.82, 2.24) is 5.32 Å². The highest BCUT2D eigenvalue weighted by Gasteiger charge is 2.23. The van der Waals surface area contributed by atoms with Gasteiger partial charge >= 0.3 is 5.97 Å². The van der Waals surface area contributed by atoms with Crippen molar-refractivity contribution in [1.29, 1.82) is 0 Å². The van der Waals surface area contributed by atoms with Gasteiger partial charge < -0.3 is 20.9 Å². The van der Waals surface area contributed by atoms with Crippen LogP contribution in [0.15, 0.2) is 30.3 Å². The number of amides is 1. The van der Waals surface area contributed by atoms with E-state index in [4.69, 9.17) is 10.5 Å². The van der Waals surface area contributed by atoms with E-state index in [2.05, 4.69) is 5.32 Å². The lowest BCUT2D eigenvalue weighted by Crippen LogP contribution is -2.49. The number of ether oxygens (including phenoxy) is 1. The monoisotopic (exact) mass is 294 g/mol. The molecule has 0 bridgehead atoms. The Balaban J connectivity index is 2.54. The highest BCUT2D eigenvalue weighted by Crippen LogP contribution is 2.04. The second-order valence-corrected chi connectivity index (χ2v) is 4.83. The smallest absolute Gasteiger partial charge is 0.326 e. The number of carbonyl (C=O) groups excluding carboxylic acids is 1. The molecule has 2 atom stereocenters. The minimum Gasteiger partial charge on any atom is -0.480 e. The molecule has 0 saturated heterocycles. The van der Waals surface area contributed by atoms with E-state index in [0.717, 1.165) is 5.56 Å². The molecular formula is C15H22N2O4. The van der Waals surface area contributed by atoms with E-state index in [1.54, 1.807) is 7.11 Å². The van der Waals surface area contributed by atoms with Crippen LogP contribution in [-0.2, 0) is 20.7 Å². The highest BCUT2D eigenvalue weighted by atomic mass is 16.5. The molecule has 0 fully saturated rings. The molecule has 0 radical (unpaired) electrons. The third-order valence-corrected chi connectivity index (χ3v) is 3.10. The molecule has 1 rings (SSSR count). The Morgan fingerprint density at radius 3 is 2.57 bits per heavy atom. The molecule has 0 saturated carbocycles. The predicted molar refractivity (Wildman–Crippen MR) is 78.8 cm³/mol. The van der Waals surface area contributed by atoms with Gasteiger partial charge in [0.25, 0.3) is 0 Å². The van der Waals surface area contributed by atoms with Crippen LogP contribution in [-0.4, -0.2) is 42.8 Å². The fraction of sp³-hybridized carbons (Fsp3) is 0.467. The molecule has 6 nitrogen and oxygen atoms in total. The van der Waals surface area contributed by atoms with E-state index >= 15 is 0 Å². The topological polar surface area (TPSA) is 102 Å². The minimum absolute atomic E-state index is 0.229. The number of hydrogen-bond donors (Lipinski definition) is 3. The summed E-state index contributed by atoms with van der Waals surface area (Å²) < 4.78 is 4.89. The SMILES string of the molecule is COCCCC(N)C(=O)NC(Cc1ccccc1)C(=O)O. The van der Waals surface area contributed by atoms with Crippen molar-refractivity contribution in [2.45, 2.75) is 31.3 Å². The average molecular weight is 294 g/mol. The second-order valence-electron chi connectivity index (χ2n) is 4.83. The first-order valence-corrected chi connectivity index (χ1v) is 6.86. The van der Waals surface area contributed by atoms with E-state index in [0.29, 0.717) is 19.4 Å². The Morgan fingerprint density at radius 2 is 2.00 bits per heavy atom. The maximum absolute atomic E-state index is 11.9. The van der Waals surface area contributed by atoms with Gasteiger partial charge in [0.2, 0.25) is 5.91 Å². The van der Waals surface area contributed by atoms with Crippen LogP contribution in [0.1, 0.15) is 18.4 Å². The summed E-state index contributed by atoms with van der Waals surface area (Å²) in [6.45, 7) is 0.521. The van der Waals surface area contributed by atoms with Gasteiger partial charge in [-0.05, 0) is 18.4 Å². The largest absolute Gasteiger partial charge is 0.480 e. The van der Waals surface area contributed by atoms with Crippen molar-refractivity contribution in [2.24, 2.45) is 5.73 Å². The number of hydrogen-bond acceptors (Lipinski definition) is 4. The van der Waals surface area contributed by atoms with Crippen molar-refractivity contribution in [2.75, 3.05) is 13.7 Å². The molecular weight excluding hydrogens is 272 g/mol. The Hall–Kier alpha value is -1.92. The maximum Gasteiger partial charge on any atom is 0.326 e. The van der Waals surface area contributed by atoms with Gasteiger partial charge in [-0.25, -0.2) is 4.79 Å². The molecule has 0 aromatic heterocycles. The maximum atomic E-state index is 11.9. The van der Waals surface area contributed by atoms with Gasteiger partial charge in [0.05, 0.1) is 6.04 Å². The number of carbonyl (C=O) groups is 2. The van der Waals surface area contributed by atoms with Crippen molar-refractivity contribution in [3.05, 3.63) is 35.9 Å². The molecule has 1 amide bonds. The molecule has 1 aromatic carbocycles. The van der Waals surface area contributed by atoms with E-state index < -0.39 is 24.0 Å². The average Bonchev–Trinajstić information content (AvgIpc) is 2.47. The first-order chi connectivity index (χ1) is 10.0. The molecule has 4 N–H and O–H groups in total. The van der Waals surface area contributed by atoms with Crippen LogP contribution in [0.25, 0.3) is 0 Å². The standard InChI is InChI=1S/C15H22N2O4/c1-21-9-5-8-12(16)14(18)17-13(15(19)20)10-11-6-3-2-4-7-11/h2-4,6-7,12-13H,5,8-10,16H2,1H3,(H,17,18)(H,19,20). The summed E-state index contributed by atoms with van der Waals surface area (Å²) in [5.41, 5.74) is 6.58. The van der Waals surface area contributed by atoms with Crippen LogP contribution in [0, 0.1) is 0 Å².